The third-order valence-electron chi connectivity index (χ3n) is 1.90. The van der Waals surface area contributed by atoms with E-state index in [1.807, 2.05) is 18.2 Å². The van der Waals surface area contributed by atoms with Crippen LogP contribution in [0.1, 0.15) is 4.88 Å². The molecule has 0 amide bonds. The van der Waals surface area contributed by atoms with Gasteiger partial charge in [0.2, 0.25) is 0 Å². The molecule has 1 heterocycles. The Morgan fingerprint density at radius 3 is 3.00 bits per heavy atom. The molecule has 0 aliphatic rings. The van der Waals surface area contributed by atoms with Gasteiger partial charge in [0.1, 0.15) is 0 Å². The van der Waals surface area contributed by atoms with Gasteiger partial charge in [0.05, 0.1) is 12.5 Å². The number of nitrogens with zero attached hydrogens (tertiary/aromatic N) is 1. The van der Waals surface area contributed by atoms with Crippen molar-refractivity contribution in [1.82, 2.24) is 0 Å². The number of hydrogen-bond acceptors (Lipinski definition) is 2. The summed E-state index contributed by atoms with van der Waals surface area (Å²) in [5.74, 6) is 0. The highest BCUT2D eigenvalue weighted by atomic mass is 79.9. The Labute approximate surface area is 99.0 Å². The van der Waals surface area contributed by atoms with E-state index in [-0.39, 0.29) is 0 Å². The van der Waals surface area contributed by atoms with Gasteiger partial charge >= 0.3 is 0 Å². The van der Waals surface area contributed by atoms with Crippen LogP contribution < -0.4 is 0 Å². The molecule has 0 unspecified atom stereocenters. The van der Waals surface area contributed by atoms with Crippen LogP contribution in [-0.4, -0.2) is 0 Å². The molecule has 0 aliphatic heterocycles. The van der Waals surface area contributed by atoms with Crippen molar-refractivity contribution in [2.45, 2.75) is 6.42 Å². The maximum Gasteiger partial charge on any atom is 0.0707 e. The van der Waals surface area contributed by atoms with E-state index in [1.165, 1.54) is 0 Å². The quantitative estimate of drug-likeness (QED) is 0.763. The Bertz CT molecular complexity index is 527. The van der Waals surface area contributed by atoms with Crippen LogP contribution in [0.5, 0.6) is 0 Å². The molecule has 0 saturated heterocycles. The Hall–Kier alpha value is -0.560. The van der Waals surface area contributed by atoms with Gasteiger partial charge in [-0.05, 0) is 34.1 Å². The first-order chi connectivity index (χ1) is 6.72. The van der Waals surface area contributed by atoms with Crippen molar-refractivity contribution in [2.24, 2.45) is 0 Å². The van der Waals surface area contributed by atoms with E-state index >= 15 is 0 Å². The van der Waals surface area contributed by atoms with E-state index in [0.717, 1.165) is 24.5 Å². The molecule has 1 nitrogen and oxygen atoms in total. The molecule has 4 heteroatoms. The van der Waals surface area contributed by atoms with E-state index < -0.39 is 0 Å². The number of halogens is 2. The average molecular weight is 287 g/mol. The molecule has 2 aromatic rings. The first kappa shape index (κ1) is 9.97. The van der Waals surface area contributed by atoms with E-state index in [2.05, 4.69) is 22.0 Å². The summed E-state index contributed by atoms with van der Waals surface area (Å²) in [6, 6.07) is 7.91. The molecule has 0 atom stereocenters. The van der Waals surface area contributed by atoms with E-state index in [0.29, 0.717) is 6.42 Å². The van der Waals surface area contributed by atoms with Crippen LogP contribution in [0.4, 0.5) is 0 Å². The zero-order chi connectivity index (χ0) is 10.1. The van der Waals surface area contributed by atoms with Crippen LogP contribution in [0.2, 0.25) is 5.02 Å². The minimum atomic E-state index is 0.442. The number of thiophene rings is 1. The Kier molecular flexibility index (Phi) is 2.78. The zero-order valence-electron chi connectivity index (χ0n) is 7.05. The van der Waals surface area contributed by atoms with Crippen LogP contribution in [0.15, 0.2) is 22.7 Å². The van der Waals surface area contributed by atoms with Gasteiger partial charge in [-0.2, -0.15) is 5.26 Å². The molecule has 70 valence electrons. The highest BCUT2D eigenvalue weighted by molar-refractivity contribution is 9.10. The van der Waals surface area contributed by atoms with Crippen LogP contribution in [0.3, 0.4) is 0 Å². The summed E-state index contributed by atoms with van der Waals surface area (Å²) in [4.78, 5) is 1.06. The van der Waals surface area contributed by atoms with Gasteiger partial charge in [0.25, 0.3) is 0 Å². The molecule has 0 bridgehead atoms. The van der Waals surface area contributed by atoms with Gasteiger partial charge in [-0.15, -0.1) is 11.3 Å². The molecule has 0 aliphatic carbocycles. The molecule has 1 aromatic heterocycles. The van der Waals surface area contributed by atoms with E-state index in [4.69, 9.17) is 16.9 Å². The third kappa shape index (κ3) is 1.66. The van der Waals surface area contributed by atoms with Gasteiger partial charge < -0.3 is 0 Å². The molecule has 0 radical (unpaired) electrons. The minimum Gasteiger partial charge on any atom is -0.198 e. The van der Waals surface area contributed by atoms with Crippen molar-refractivity contribution in [3.63, 3.8) is 0 Å². The summed E-state index contributed by atoms with van der Waals surface area (Å²) in [5.41, 5.74) is 0. The van der Waals surface area contributed by atoms with Crippen molar-refractivity contribution in [3.8, 4) is 6.07 Å². The lowest BCUT2D eigenvalue weighted by molar-refractivity contribution is 1.31. The fourth-order valence-electron chi connectivity index (χ4n) is 1.28. The lowest BCUT2D eigenvalue weighted by Gasteiger charge is -1.91. The summed E-state index contributed by atoms with van der Waals surface area (Å²) in [6.45, 7) is 0. The molecule has 14 heavy (non-hydrogen) atoms. The smallest absolute Gasteiger partial charge is 0.0707 e. The number of hydrogen-bond donors (Lipinski definition) is 0. The SMILES string of the molecule is N#CCc1sc2ccc(Cl)cc2c1Br. The number of benzene rings is 1. The molecule has 1 aromatic carbocycles. The second-order valence-electron chi connectivity index (χ2n) is 2.81. The number of rotatable bonds is 1. The van der Waals surface area contributed by atoms with Crippen molar-refractivity contribution < 1.29 is 0 Å². The topological polar surface area (TPSA) is 23.8 Å². The molecule has 2 rings (SSSR count). The van der Waals surface area contributed by atoms with Crippen LogP contribution >= 0.6 is 38.9 Å². The largest absolute Gasteiger partial charge is 0.198 e. The molecule has 0 N–H and O–H groups in total. The van der Waals surface area contributed by atoms with Crippen molar-refractivity contribution in [2.75, 3.05) is 0 Å². The summed E-state index contributed by atoms with van der Waals surface area (Å²) in [7, 11) is 0. The standard InChI is InChI=1S/C10H5BrClNS/c11-10-7-5-6(12)1-2-8(7)14-9(10)3-4-13/h1-2,5H,3H2. The summed E-state index contributed by atoms with van der Waals surface area (Å²) < 4.78 is 2.16. The van der Waals surface area contributed by atoms with Crippen molar-refractivity contribution >= 4 is 49.0 Å². The third-order valence-corrected chi connectivity index (χ3v) is 4.47. The summed E-state index contributed by atoms with van der Waals surface area (Å²) in [5, 5.41) is 10.4. The van der Waals surface area contributed by atoms with Crippen LogP contribution in [-0.2, 0) is 6.42 Å². The molecular weight excluding hydrogens is 282 g/mol. The first-order valence-electron chi connectivity index (χ1n) is 3.95. The van der Waals surface area contributed by atoms with Crippen molar-refractivity contribution in [3.05, 3.63) is 32.6 Å². The Morgan fingerprint density at radius 2 is 2.29 bits per heavy atom. The fourth-order valence-corrected chi connectivity index (χ4v) is 3.30. The summed E-state index contributed by atoms with van der Waals surface area (Å²) >= 11 is 11.0. The lowest BCUT2D eigenvalue weighted by atomic mass is 10.2. The number of nitriles is 1. The van der Waals surface area contributed by atoms with Gasteiger partial charge in [0.15, 0.2) is 0 Å². The predicted octanol–water partition coefficient (Wildman–Crippen LogP) is 4.38. The van der Waals surface area contributed by atoms with Gasteiger partial charge in [-0.3, -0.25) is 0 Å². The summed E-state index contributed by atoms with van der Waals surface area (Å²) in [6.07, 6.45) is 0.442. The fraction of sp³-hybridized carbons (Fsp3) is 0.100. The Morgan fingerprint density at radius 1 is 1.50 bits per heavy atom. The van der Waals surface area contributed by atoms with Gasteiger partial charge in [0, 0.05) is 24.5 Å². The van der Waals surface area contributed by atoms with E-state index in [9.17, 15) is 0 Å². The second kappa shape index (κ2) is 3.90. The molecule has 0 spiro atoms. The van der Waals surface area contributed by atoms with Crippen LogP contribution in [0.25, 0.3) is 10.1 Å². The zero-order valence-corrected chi connectivity index (χ0v) is 10.2. The minimum absolute atomic E-state index is 0.442. The lowest BCUT2D eigenvalue weighted by Crippen LogP contribution is -1.73. The van der Waals surface area contributed by atoms with E-state index in [1.54, 1.807) is 11.3 Å². The van der Waals surface area contributed by atoms with Gasteiger partial charge in [-0.25, -0.2) is 0 Å². The average Bonchev–Trinajstić information content (AvgIpc) is 2.46. The Balaban J connectivity index is 2.69. The normalized spacial score (nSPS) is 10.4. The molecule has 0 saturated carbocycles. The molecular formula is C10H5BrClNS. The monoisotopic (exact) mass is 285 g/mol. The van der Waals surface area contributed by atoms with Gasteiger partial charge in [-0.1, -0.05) is 11.6 Å². The maximum atomic E-state index is 8.63. The van der Waals surface area contributed by atoms with Crippen molar-refractivity contribution in [1.29, 1.82) is 5.26 Å². The second-order valence-corrected chi connectivity index (χ2v) is 5.18. The highest BCUT2D eigenvalue weighted by Gasteiger charge is 2.09. The first-order valence-corrected chi connectivity index (χ1v) is 5.94. The molecule has 0 fully saturated rings. The number of fused-ring (bicyclic) bond motifs is 1. The highest BCUT2D eigenvalue weighted by Crippen LogP contribution is 2.37. The maximum absolute atomic E-state index is 8.63. The predicted molar refractivity (Wildman–Crippen MR) is 63.9 cm³/mol. The van der Waals surface area contributed by atoms with Crippen LogP contribution in [0, 0.1) is 11.3 Å².